The summed E-state index contributed by atoms with van der Waals surface area (Å²) < 4.78 is 7.26. The number of ether oxygens (including phenoxy) is 1. The normalized spacial score (nSPS) is 11.1. The molecule has 2 aromatic carbocycles. The van der Waals surface area contributed by atoms with Crippen LogP contribution in [0.1, 0.15) is 16.7 Å². The lowest BCUT2D eigenvalue weighted by molar-refractivity contribution is -0.117. The number of amides is 1. The quantitative estimate of drug-likeness (QED) is 0.364. The van der Waals surface area contributed by atoms with Crippen LogP contribution in [0.4, 0.5) is 0 Å². The van der Waals surface area contributed by atoms with Crippen molar-refractivity contribution in [3.8, 4) is 17.7 Å². The summed E-state index contributed by atoms with van der Waals surface area (Å²) in [5, 5.41) is 12.3. The van der Waals surface area contributed by atoms with Gasteiger partial charge >= 0.3 is 0 Å². The summed E-state index contributed by atoms with van der Waals surface area (Å²) in [4.78, 5) is 30.3. The van der Waals surface area contributed by atoms with Crippen LogP contribution in [-0.4, -0.2) is 15.3 Å². The van der Waals surface area contributed by atoms with Gasteiger partial charge in [0.25, 0.3) is 11.5 Å². The molecule has 0 bridgehead atoms. The molecule has 0 unspecified atom stereocenters. The highest BCUT2D eigenvalue weighted by atomic mass is 16.5. The molecule has 0 spiro atoms. The molecule has 0 saturated carbocycles. The fourth-order valence-corrected chi connectivity index (χ4v) is 3.24. The van der Waals surface area contributed by atoms with Crippen molar-refractivity contribution in [3.05, 3.63) is 112 Å². The Morgan fingerprint density at radius 3 is 2.67 bits per heavy atom. The van der Waals surface area contributed by atoms with E-state index in [4.69, 9.17) is 4.74 Å². The van der Waals surface area contributed by atoms with Crippen LogP contribution in [0.5, 0.6) is 11.6 Å². The van der Waals surface area contributed by atoms with Gasteiger partial charge in [0.1, 0.15) is 28.6 Å². The van der Waals surface area contributed by atoms with Crippen LogP contribution in [-0.2, 0) is 11.3 Å². The Balaban J connectivity index is 1.74. The smallest absolute Gasteiger partial charge is 0.269 e. The van der Waals surface area contributed by atoms with Gasteiger partial charge in [-0.15, -0.1) is 0 Å². The van der Waals surface area contributed by atoms with Crippen molar-refractivity contribution in [3.63, 3.8) is 0 Å². The molecule has 1 N–H and O–H groups in total. The average Bonchev–Trinajstić information content (AvgIpc) is 2.83. The van der Waals surface area contributed by atoms with Crippen LogP contribution in [0.15, 0.2) is 89.4 Å². The van der Waals surface area contributed by atoms with Gasteiger partial charge in [-0.1, -0.05) is 48.5 Å². The number of carbonyl (C=O) groups excluding carboxylic acids is 1. The van der Waals surface area contributed by atoms with Gasteiger partial charge in [0, 0.05) is 12.7 Å². The van der Waals surface area contributed by atoms with Gasteiger partial charge in [-0.3, -0.25) is 14.0 Å². The molecule has 162 valence electrons. The summed E-state index contributed by atoms with van der Waals surface area (Å²) in [5.74, 6) is -0.0929. The minimum Gasteiger partial charge on any atom is -0.438 e. The fourth-order valence-electron chi connectivity index (χ4n) is 3.24. The number of fused-ring (bicyclic) bond motifs is 1. The predicted molar refractivity (Wildman–Crippen MR) is 125 cm³/mol. The monoisotopic (exact) mass is 436 g/mol. The molecule has 2 heterocycles. The minimum absolute atomic E-state index is 0.00613. The summed E-state index contributed by atoms with van der Waals surface area (Å²) in [6.45, 7) is 2.17. The number of carbonyl (C=O) groups is 1. The van der Waals surface area contributed by atoms with Crippen molar-refractivity contribution in [2.75, 3.05) is 0 Å². The number of nitrogens with zero attached hydrogens (tertiary/aromatic N) is 3. The molecule has 0 aliphatic heterocycles. The second-order valence-corrected chi connectivity index (χ2v) is 7.32. The zero-order chi connectivity index (χ0) is 23.2. The zero-order valence-electron chi connectivity index (χ0n) is 17.9. The Bertz CT molecular complexity index is 1450. The Morgan fingerprint density at radius 2 is 1.91 bits per heavy atom. The van der Waals surface area contributed by atoms with Crippen molar-refractivity contribution >= 4 is 17.6 Å². The Labute approximate surface area is 190 Å². The third-order valence-electron chi connectivity index (χ3n) is 4.89. The molecular weight excluding hydrogens is 416 g/mol. The van der Waals surface area contributed by atoms with Crippen LogP contribution in [0.2, 0.25) is 0 Å². The van der Waals surface area contributed by atoms with E-state index in [1.807, 2.05) is 55.5 Å². The van der Waals surface area contributed by atoms with E-state index in [-0.39, 0.29) is 23.6 Å². The first-order valence-corrected chi connectivity index (χ1v) is 10.2. The number of rotatable bonds is 6. The predicted octanol–water partition coefficient (Wildman–Crippen LogP) is 4.02. The first-order valence-electron chi connectivity index (χ1n) is 10.2. The number of aromatic nitrogens is 2. The van der Waals surface area contributed by atoms with E-state index in [0.717, 1.165) is 11.1 Å². The molecule has 0 fully saturated rings. The van der Waals surface area contributed by atoms with E-state index < -0.39 is 11.5 Å². The van der Waals surface area contributed by atoms with Crippen molar-refractivity contribution < 1.29 is 9.53 Å². The van der Waals surface area contributed by atoms with E-state index in [1.165, 1.54) is 10.5 Å². The highest BCUT2D eigenvalue weighted by molar-refractivity contribution is 6.01. The first-order chi connectivity index (χ1) is 16.0. The number of nitrogens with one attached hydrogen (secondary N) is 1. The number of hydrogen-bond acceptors (Lipinski definition) is 5. The molecule has 7 nitrogen and oxygen atoms in total. The Kier molecular flexibility index (Phi) is 6.28. The molecule has 0 saturated heterocycles. The van der Waals surface area contributed by atoms with E-state index in [0.29, 0.717) is 11.4 Å². The lowest BCUT2D eigenvalue weighted by Gasteiger charge is -2.11. The number of hydrogen-bond donors (Lipinski definition) is 1. The van der Waals surface area contributed by atoms with Gasteiger partial charge in [-0.2, -0.15) is 10.2 Å². The topological polar surface area (TPSA) is 96.5 Å². The number of aryl methyl sites for hydroxylation is 1. The third kappa shape index (κ3) is 4.97. The van der Waals surface area contributed by atoms with Gasteiger partial charge in [-0.25, -0.2) is 0 Å². The molecular formula is C26H20N4O3. The maximum absolute atomic E-state index is 13.2. The standard InChI is InChI=1S/C26H20N4O3/c1-18-8-7-11-21(14-18)33-25-22(26(32)30-13-6-5-12-23(30)29-25)15-20(16-27)24(31)28-17-19-9-3-2-4-10-19/h2-15H,17H2,1H3,(H,28,31). The van der Waals surface area contributed by atoms with Crippen LogP contribution in [0.3, 0.4) is 0 Å². The molecule has 7 heteroatoms. The highest BCUT2D eigenvalue weighted by Gasteiger charge is 2.17. The molecule has 4 rings (SSSR count). The van der Waals surface area contributed by atoms with Crippen molar-refractivity contribution in [2.45, 2.75) is 13.5 Å². The second kappa shape index (κ2) is 9.62. The Hall–Kier alpha value is -4.70. The summed E-state index contributed by atoms with van der Waals surface area (Å²) >= 11 is 0. The number of benzene rings is 2. The third-order valence-corrected chi connectivity index (χ3v) is 4.89. The van der Waals surface area contributed by atoms with Crippen molar-refractivity contribution in [2.24, 2.45) is 0 Å². The lowest BCUT2D eigenvalue weighted by Crippen LogP contribution is -2.25. The molecule has 0 aliphatic rings. The van der Waals surface area contributed by atoms with Crippen LogP contribution >= 0.6 is 0 Å². The van der Waals surface area contributed by atoms with Crippen molar-refractivity contribution in [1.29, 1.82) is 5.26 Å². The maximum atomic E-state index is 13.2. The van der Waals surface area contributed by atoms with Crippen LogP contribution in [0, 0.1) is 18.3 Å². The zero-order valence-corrected chi connectivity index (χ0v) is 17.9. The molecule has 2 aromatic heterocycles. The maximum Gasteiger partial charge on any atom is 0.269 e. The van der Waals surface area contributed by atoms with Crippen LogP contribution < -0.4 is 15.6 Å². The summed E-state index contributed by atoms with van der Waals surface area (Å²) in [6.07, 6.45) is 2.79. The molecule has 0 radical (unpaired) electrons. The molecule has 0 aliphatic carbocycles. The summed E-state index contributed by atoms with van der Waals surface area (Å²) in [5.41, 5.74) is 1.57. The number of pyridine rings is 1. The van der Waals surface area contributed by atoms with E-state index >= 15 is 0 Å². The van der Waals surface area contributed by atoms with E-state index in [2.05, 4.69) is 10.3 Å². The van der Waals surface area contributed by atoms with Crippen LogP contribution in [0.25, 0.3) is 11.7 Å². The van der Waals surface area contributed by atoms with Gasteiger partial charge in [0.05, 0.1) is 0 Å². The number of nitriles is 1. The molecule has 33 heavy (non-hydrogen) atoms. The Morgan fingerprint density at radius 1 is 1.12 bits per heavy atom. The first kappa shape index (κ1) is 21.5. The summed E-state index contributed by atoms with van der Waals surface area (Å²) in [6, 6.07) is 23.6. The van der Waals surface area contributed by atoms with Gasteiger partial charge in [-0.05, 0) is 48.4 Å². The SMILES string of the molecule is Cc1cccc(Oc2nc3ccccn3c(=O)c2C=C(C#N)C(=O)NCc2ccccc2)c1. The van der Waals surface area contributed by atoms with Gasteiger partial charge < -0.3 is 10.1 Å². The molecule has 0 atom stereocenters. The van der Waals surface area contributed by atoms with Gasteiger partial charge in [0.2, 0.25) is 5.88 Å². The van der Waals surface area contributed by atoms with Gasteiger partial charge in [0.15, 0.2) is 0 Å². The fraction of sp³-hybridized carbons (Fsp3) is 0.0769. The van der Waals surface area contributed by atoms with Crippen molar-refractivity contribution in [1.82, 2.24) is 14.7 Å². The molecule has 1 amide bonds. The highest BCUT2D eigenvalue weighted by Crippen LogP contribution is 2.24. The van der Waals surface area contributed by atoms with E-state index in [9.17, 15) is 14.9 Å². The largest absolute Gasteiger partial charge is 0.438 e. The lowest BCUT2D eigenvalue weighted by atomic mass is 10.1. The average molecular weight is 436 g/mol. The summed E-state index contributed by atoms with van der Waals surface area (Å²) in [7, 11) is 0. The second-order valence-electron chi connectivity index (χ2n) is 7.32. The van der Waals surface area contributed by atoms with E-state index in [1.54, 1.807) is 36.5 Å². The molecule has 4 aromatic rings. The minimum atomic E-state index is -0.597.